The lowest BCUT2D eigenvalue weighted by Crippen LogP contribution is -2.42. The molecule has 0 saturated carbocycles. The summed E-state index contributed by atoms with van der Waals surface area (Å²) in [4.78, 5) is 10.7. The Kier molecular flexibility index (Phi) is 6.71. The van der Waals surface area contributed by atoms with Gasteiger partial charge in [-0.25, -0.2) is 16.8 Å². The predicted octanol–water partition coefficient (Wildman–Crippen LogP) is 0.746. The molecule has 1 atom stereocenters. The number of sulfone groups is 1. The summed E-state index contributed by atoms with van der Waals surface area (Å²) in [5, 5.41) is 8.84. The second-order valence-corrected chi connectivity index (χ2v) is 10.3. The van der Waals surface area contributed by atoms with Gasteiger partial charge in [-0.05, 0) is 25.0 Å². The Labute approximate surface area is 158 Å². The molecule has 0 bridgehead atoms. The first-order chi connectivity index (χ1) is 12.6. The maximum Gasteiger partial charge on any atom is 0.303 e. The third-order valence-corrected chi connectivity index (χ3v) is 8.08. The predicted molar refractivity (Wildman–Crippen MR) is 97.4 cm³/mol. The molecule has 0 aromatic heterocycles. The van der Waals surface area contributed by atoms with E-state index in [9.17, 15) is 21.6 Å². The molecule has 152 valence electrons. The monoisotopic (exact) mass is 421 g/mol. The molecule has 1 aromatic carbocycles. The van der Waals surface area contributed by atoms with E-state index in [-0.39, 0.29) is 48.0 Å². The Hall–Kier alpha value is -1.85. The molecule has 1 aliphatic rings. The molecule has 1 aliphatic heterocycles. The number of carboxylic acid groups (broad SMARTS) is 1. The minimum Gasteiger partial charge on any atom is -0.497 e. The van der Waals surface area contributed by atoms with Gasteiger partial charge in [0.2, 0.25) is 10.0 Å². The average Bonchev–Trinajstić information content (AvgIpc) is 2.96. The number of nitrogens with zero attached hydrogens (tertiary/aromatic N) is 1. The summed E-state index contributed by atoms with van der Waals surface area (Å²) in [7, 11) is -4.67. The zero-order valence-electron chi connectivity index (χ0n) is 15.1. The summed E-state index contributed by atoms with van der Waals surface area (Å²) in [6.45, 7) is -0.0933. The molecule has 0 radical (unpaired) electrons. The summed E-state index contributed by atoms with van der Waals surface area (Å²) < 4.78 is 61.5. The first-order valence-corrected chi connectivity index (χ1v) is 11.5. The van der Waals surface area contributed by atoms with Crippen LogP contribution in [0.4, 0.5) is 0 Å². The third kappa shape index (κ3) is 5.11. The molecule has 2 rings (SSSR count). The smallest absolute Gasteiger partial charge is 0.303 e. The van der Waals surface area contributed by atoms with Gasteiger partial charge >= 0.3 is 5.97 Å². The van der Waals surface area contributed by atoms with E-state index in [1.54, 1.807) is 0 Å². The van der Waals surface area contributed by atoms with Crippen molar-refractivity contribution >= 4 is 25.8 Å². The molecule has 0 unspecified atom stereocenters. The van der Waals surface area contributed by atoms with Crippen LogP contribution in [0.25, 0.3) is 0 Å². The molecule has 0 spiro atoms. The van der Waals surface area contributed by atoms with Crippen molar-refractivity contribution in [2.75, 3.05) is 32.3 Å². The summed E-state index contributed by atoms with van der Waals surface area (Å²) >= 11 is 0. The first kappa shape index (κ1) is 21.5. The van der Waals surface area contributed by atoms with E-state index in [1.165, 1.54) is 32.4 Å². The molecule has 1 aromatic rings. The number of carbonyl (C=O) groups is 1. The van der Waals surface area contributed by atoms with Gasteiger partial charge in [0.15, 0.2) is 9.84 Å². The van der Waals surface area contributed by atoms with E-state index in [4.69, 9.17) is 14.6 Å². The number of rotatable bonds is 9. The van der Waals surface area contributed by atoms with Gasteiger partial charge in [-0.15, -0.1) is 0 Å². The molecular formula is C16H23NO8S2. The minimum absolute atomic E-state index is 0.0680. The number of ether oxygens (including phenoxy) is 2. The van der Waals surface area contributed by atoms with Crippen LogP contribution in [0.1, 0.15) is 19.3 Å². The standard InChI is InChI=1S/C16H23NO8S2/c1-24-13-5-6-15(14(10-13)25-2)27(22,23)17(8-3-4-16(18)19)12-7-9-26(20,21)11-12/h5-6,10,12H,3-4,7-9,11H2,1-2H3,(H,18,19)/t12-/m1/s1. The van der Waals surface area contributed by atoms with Crippen molar-refractivity contribution < 1.29 is 36.2 Å². The van der Waals surface area contributed by atoms with Crippen LogP contribution in [-0.2, 0) is 24.7 Å². The molecule has 0 aliphatic carbocycles. The fourth-order valence-corrected chi connectivity index (χ4v) is 6.66. The van der Waals surface area contributed by atoms with Crippen molar-refractivity contribution in [1.82, 2.24) is 4.31 Å². The number of benzene rings is 1. The maximum absolute atomic E-state index is 13.2. The lowest BCUT2D eigenvalue weighted by atomic mass is 10.2. The number of hydrogen-bond donors (Lipinski definition) is 1. The third-order valence-electron chi connectivity index (χ3n) is 4.34. The molecule has 1 saturated heterocycles. The van der Waals surface area contributed by atoms with Gasteiger partial charge < -0.3 is 14.6 Å². The molecule has 11 heteroatoms. The fourth-order valence-electron chi connectivity index (χ4n) is 3.00. The average molecular weight is 421 g/mol. The Balaban J connectivity index is 2.41. The SMILES string of the molecule is COc1ccc(S(=O)(=O)N(CCCC(=O)O)[C@@H]2CCS(=O)(=O)C2)c(OC)c1. The highest BCUT2D eigenvalue weighted by molar-refractivity contribution is 7.92. The van der Waals surface area contributed by atoms with E-state index in [0.29, 0.717) is 5.75 Å². The Morgan fingerprint density at radius 3 is 2.52 bits per heavy atom. The lowest BCUT2D eigenvalue weighted by molar-refractivity contribution is -0.137. The Morgan fingerprint density at radius 1 is 1.30 bits per heavy atom. The van der Waals surface area contributed by atoms with E-state index >= 15 is 0 Å². The molecule has 0 amide bonds. The topological polar surface area (TPSA) is 127 Å². The van der Waals surface area contributed by atoms with E-state index in [1.807, 2.05) is 0 Å². The van der Waals surface area contributed by atoms with Crippen molar-refractivity contribution in [2.45, 2.75) is 30.2 Å². The van der Waals surface area contributed by atoms with Crippen LogP contribution in [0.3, 0.4) is 0 Å². The van der Waals surface area contributed by atoms with Crippen LogP contribution in [0.2, 0.25) is 0 Å². The van der Waals surface area contributed by atoms with E-state index < -0.39 is 31.9 Å². The molecule has 9 nitrogen and oxygen atoms in total. The van der Waals surface area contributed by atoms with Crippen LogP contribution < -0.4 is 9.47 Å². The number of carboxylic acids is 1. The van der Waals surface area contributed by atoms with Gasteiger partial charge in [-0.2, -0.15) is 4.31 Å². The van der Waals surface area contributed by atoms with Crippen LogP contribution >= 0.6 is 0 Å². The first-order valence-electron chi connectivity index (χ1n) is 8.27. The van der Waals surface area contributed by atoms with Crippen molar-refractivity contribution in [3.05, 3.63) is 18.2 Å². The molecule has 1 heterocycles. The van der Waals surface area contributed by atoms with Crippen molar-refractivity contribution in [3.63, 3.8) is 0 Å². The summed E-state index contributed by atoms with van der Waals surface area (Å²) in [6, 6.07) is 3.49. The highest BCUT2D eigenvalue weighted by Gasteiger charge is 2.39. The highest BCUT2D eigenvalue weighted by Crippen LogP contribution is 2.33. The van der Waals surface area contributed by atoms with Crippen molar-refractivity contribution in [2.24, 2.45) is 0 Å². The number of sulfonamides is 1. The second-order valence-electron chi connectivity index (χ2n) is 6.19. The number of methoxy groups -OCH3 is 2. The molecule has 1 N–H and O–H groups in total. The zero-order chi connectivity index (χ0) is 20.2. The van der Waals surface area contributed by atoms with Gasteiger partial charge in [0.05, 0.1) is 25.7 Å². The van der Waals surface area contributed by atoms with Gasteiger partial charge in [0, 0.05) is 25.1 Å². The number of aliphatic carboxylic acids is 1. The minimum atomic E-state index is -4.10. The number of hydrogen-bond acceptors (Lipinski definition) is 7. The molecule has 1 fully saturated rings. The second kappa shape index (κ2) is 8.44. The largest absolute Gasteiger partial charge is 0.497 e. The van der Waals surface area contributed by atoms with Gasteiger partial charge in [-0.3, -0.25) is 4.79 Å². The van der Waals surface area contributed by atoms with E-state index in [2.05, 4.69) is 0 Å². The Bertz CT molecular complexity index is 895. The van der Waals surface area contributed by atoms with Crippen LogP contribution in [0.5, 0.6) is 11.5 Å². The van der Waals surface area contributed by atoms with Crippen LogP contribution in [-0.4, -0.2) is 70.5 Å². The van der Waals surface area contributed by atoms with Crippen molar-refractivity contribution in [1.29, 1.82) is 0 Å². The van der Waals surface area contributed by atoms with Gasteiger partial charge in [-0.1, -0.05) is 0 Å². The van der Waals surface area contributed by atoms with Gasteiger partial charge in [0.1, 0.15) is 16.4 Å². The summed E-state index contributed by atoms with van der Waals surface area (Å²) in [5.74, 6) is -0.946. The zero-order valence-corrected chi connectivity index (χ0v) is 16.8. The van der Waals surface area contributed by atoms with Crippen LogP contribution in [0, 0.1) is 0 Å². The molecular weight excluding hydrogens is 398 g/mol. The normalized spacial score (nSPS) is 19.1. The summed E-state index contributed by atoms with van der Waals surface area (Å²) in [5.41, 5.74) is 0. The Morgan fingerprint density at radius 2 is 2.00 bits per heavy atom. The van der Waals surface area contributed by atoms with Crippen molar-refractivity contribution in [3.8, 4) is 11.5 Å². The molecule has 27 heavy (non-hydrogen) atoms. The maximum atomic E-state index is 13.2. The summed E-state index contributed by atoms with van der Waals surface area (Å²) in [6.07, 6.45) is 0.0297. The fraction of sp³-hybridized carbons (Fsp3) is 0.562. The van der Waals surface area contributed by atoms with E-state index in [0.717, 1.165) is 4.31 Å². The van der Waals surface area contributed by atoms with Gasteiger partial charge in [0.25, 0.3) is 0 Å². The highest BCUT2D eigenvalue weighted by atomic mass is 32.2. The lowest BCUT2D eigenvalue weighted by Gasteiger charge is -2.28. The van der Waals surface area contributed by atoms with Crippen LogP contribution in [0.15, 0.2) is 23.1 Å². The quantitative estimate of drug-likeness (QED) is 0.619.